The Morgan fingerprint density at radius 1 is 1.18 bits per heavy atom. The van der Waals surface area contributed by atoms with Crippen LogP contribution in [0.15, 0.2) is 30.6 Å². The number of amides is 1. The zero-order valence-electron chi connectivity index (χ0n) is 17.6. The highest BCUT2D eigenvalue weighted by Crippen LogP contribution is 2.47. The summed E-state index contributed by atoms with van der Waals surface area (Å²) in [7, 11) is 0. The van der Waals surface area contributed by atoms with Crippen molar-refractivity contribution in [1.29, 1.82) is 0 Å². The first-order valence-corrected chi connectivity index (χ1v) is 11.3. The van der Waals surface area contributed by atoms with Crippen LogP contribution in [0.25, 0.3) is 11.4 Å². The molecule has 2 aliphatic rings. The Morgan fingerprint density at radius 3 is 2.70 bits per heavy atom. The minimum absolute atomic E-state index is 0.0831. The van der Waals surface area contributed by atoms with Crippen molar-refractivity contribution in [3.63, 3.8) is 0 Å². The number of alkyl halides is 3. The van der Waals surface area contributed by atoms with Gasteiger partial charge in [-0.15, -0.1) is 10.2 Å². The molecule has 1 N–H and O–H groups in total. The number of piperidine rings is 1. The fourth-order valence-corrected chi connectivity index (χ4v) is 4.85. The van der Waals surface area contributed by atoms with E-state index < -0.39 is 11.2 Å². The molecule has 1 aliphatic heterocycles. The van der Waals surface area contributed by atoms with Crippen LogP contribution in [0.3, 0.4) is 0 Å². The molecule has 2 fully saturated rings. The molecule has 5 rings (SSSR count). The number of pyridine rings is 1. The van der Waals surface area contributed by atoms with Crippen LogP contribution in [0, 0.1) is 18.8 Å². The highest BCUT2D eigenvalue weighted by atomic mass is 32.1. The van der Waals surface area contributed by atoms with E-state index in [0.29, 0.717) is 46.8 Å². The molecule has 4 heterocycles. The first-order chi connectivity index (χ1) is 15.8. The number of rotatable bonds is 5. The quantitative estimate of drug-likeness (QED) is 0.601. The molecule has 8 nitrogen and oxygen atoms in total. The van der Waals surface area contributed by atoms with Gasteiger partial charge in [0, 0.05) is 37.2 Å². The van der Waals surface area contributed by atoms with Crippen molar-refractivity contribution in [3.05, 3.63) is 47.0 Å². The summed E-state index contributed by atoms with van der Waals surface area (Å²) in [5, 5.41) is 8.83. The number of fused-ring (bicyclic) bond motifs is 1. The molecule has 12 heteroatoms. The fraction of sp³-hybridized carbons (Fsp3) is 0.429. The molecule has 172 valence electrons. The summed E-state index contributed by atoms with van der Waals surface area (Å²) in [5.41, 5.74) is 1.53. The first kappa shape index (κ1) is 21.7. The van der Waals surface area contributed by atoms with Gasteiger partial charge in [0.1, 0.15) is 5.69 Å². The zero-order chi connectivity index (χ0) is 23.2. The Labute approximate surface area is 191 Å². The van der Waals surface area contributed by atoms with Gasteiger partial charge < -0.3 is 10.2 Å². The molecule has 1 aliphatic carbocycles. The summed E-state index contributed by atoms with van der Waals surface area (Å²) < 4.78 is 38.5. The molecule has 1 saturated carbocycles. The van der Waals surface area contributed by atoms with Crippen molar-refractivity contribution in [3.8, 4) is 11.4 Å². The number of nitrogens with zero attached hydrogens (tertiary/aromatic N) is 6. The largest absolute Gasteiger partial charge is 0.445 e. The monoisotopic (exact) mass is 475 g/mol. The van der Waals surface area contributed by atoms with Gasteiger partial charge in [0.25, 0.3) is 5.91 Å². The Hall–Kier alpha value is -3.15. The van der Waals surface area contributed by atoms with Gasteiger partial charge in [-0.1, -0.05) is 11.3 Å². The molecule has 3 aromatic rings. The molecule has 1 unspecified atom stereocenters. The Balaban J connectivity index is 1.39. The zero-order valence-corrected chi connectivity index (χ0v) is 18.4. The molecular weight excluding hydrogens is 455 g/mol. The molecule has 0 spiro atoms. The maximum Gasteiger partial charge on any atom is 0.445 e. The van der Waals surface area contributed by atoms with Crippen LogP contribution in [0.1, 0.15) is 34.0 Å². The summed E-state index contributed by atoms with van der Waals surface area (Å²) in [6.07, 6.45) is 0.509. The Bertz CT molecular complexity index is 1170. The maximum absolute atomic E-state index is 13.7. The average molecular weight is 476 g/mol. The third kappa shape index (κ3) is 4.52. The Morgan fingerprint density at radius 2 is 1.97 bits per heavy atom. The number of carbonyl (C=O) groups excluding carboxylic acids is 1. The van der Waals surface area contributed by atoms with Crippen LogP contribution in [0.2, 0.25) is 0 Å². The topological polar surface area (TPSA) is 96.8 Å². The second-order valence-corrected chi connectivity index (χ2v) is 9.29. The minimum atomic E-state index is -4.53. The van der Waals surface area contributed by atoms with Crippen LogP contribution in [0.4, 0.5) is 18.3 Å². The van der Waals surface area contributed by atoms with Crippen LogP contribution in [-0.4, -0.2) is 55.1 Å². The summed E-state index contributed by atoms with van der Waals surface area (Å²) in [5.74, 6) is 1.16. The van der Waals surface area contributed by atoms with E-state index in [4.69, 9.17) is 0 Å². The smallest absolute Gasteiger partial charge is 0.358 e. The van der Waals surface area contributed by atoms with Crippen LogP contribution in [0.5, 0.6) is 0 Å². The summed E-state index contributed by atoms with van der Waals surface area (Å²) in [6, 6.07) is 5.10. The highest BCUT2D eigenvalue weighted by Gasteiger charge is 2.47. The second-order valence-electron chi connectivity index (χ2n) is 8.32. The van der Waals surface area contributed by atoms with Gasteiger partial charge in [-0.3, -0.25) is 4.79 Å². The van der Waals surface area contributed by atoms with Gasteiger partial charge in [0.15, 0.2) is 5.82 Å². The maximum atomic E-state index is 13.7. The van der Waals surface area contributed by atoms with Gasteiger partial charge in [-0.2, -0.15) is 13.2 Å². The molecule has 0 radical (unpaired) electrons. The molecule has 3 aromatic heterocycles. The van der Waals surface area contributed by atoms with Crippen LogP contribution < -0.4 is 5.32 Å². The number of hydrogen-bond donors (Lipinski definition) is 1. The van der Waals surface area contributed by atoms with Crippen molar-refractivity contribution in [2.75, 3.05) is 18.4 Å². The normalized spacial score (nSPS) is 22.1. The van der Waals surface area contributed by atoms with E-state index >= 15 is 0 Å². The van der Waals surface area contributed by atoms with E-state index in [-0.39, 0.29) is 29.3 Å². The lowest BCUT2D eigenvalue weighted by atomic mass is 10.0. The SMILES string of the molecule is Cc1ccc(-c2ncccn2)c(C(=O)N2C[C@@H]3C[C@@H]3CC2CNc2nnc(C(F)(F)F)s2)n1. The van der Waals surface area contributed by atoms with E-state index in [2.05, 4.69) is 30.5 Å². The van der Waals surface area contributed by atoms with Gasteiger partial charge in [-0.05, 0) is 49.8 Å². The van der Waals surface area contributed by atoms with E-state index in [1.54, 1.807) is 29.4 Å². The van der Waals surface area contributed by atoms with E-state index in [0.717, 1.165) is 12.8 Å². The number of likely N-dealkylation sites (tertiary alicyclic amines) is 1. The predicted molar refractivity (Wildman–Crippen MR) is 114 cm³/mol. The number of hydrogen-bond acceptors (Lipinski definition) is 8. The molecule has 3 atom stereocenters. The van der Waals surface area contributed by atoms with Crippen molar-refractivity contribution < 1.29 is 18.0 Å². The van der Waals surface area contributed by atoms with Gasteiger partial charge in [-0.25, -0.2) is 15.0 Å². The fourth-order valence-electron chi connectivity index (χ4n) is 4.23. The van der Waals surface area contributed by atoms with Crippen molar-refractivity contribution in [1.82, 2.24) is 30.0 Å². The van der Waals surface area contributed by atoms with E-state index in [9.17, 15) is 18.0 Å². The number of aromatic nitrogens is 5. The molecular formula is C21H20F3N7OS. The van der Waals surface area contributed by atoms with Crippen LogP contribution in [-0.2, 0) is 6.18 Å². The minimum Gasteiger partial charge on any atom is -0.358 e. The van der Waals surface area contributed by atoms with Gasteiger partial charge in [0.05, 0.1) is 5.56 Å². The number of nitrogens with one attached hydrogen (secondary N) is 1. The predicted octanol–water partition coefficient (Wildman–Crippen LogP) is 3.68. The lowest BCUT2D eigenvalue weighted by molar-refractivity contribution is -0.138. The molecule has 0 aromatic carbocycles. The number of halogens is 3. The number of carbonyl (C=O) groups is 1. The third-order valence-corrected chi connectivity index (χ3v) is 6.90. The highest BCUT2D eigenvalue weighted by molar-refractivity contribution is 7.15. The van der Waals surface area contributed by atoms with E-state index in [1.807, 2.05) is 13.0 Å². The molecule has 0 bridgehead atoms. The third-order valence-electron chi connectivity index (χ3n) is 5.98. The summed E-state index contributed by atoms with van der Waals surface area (Å²) in [4.78, 5) is 28.5. The Kier molecular flexibility index (Phi) is 5.47. The number of anilines is 1. The van der Waals surface area contributed by atoms with Crippen molar-refractivity contribution in [2.45, 2.75) is 32.0 Å². The van der Waals surface area contributed by atoms with Crippen molar-refractivity contribution >= 4 is 22.4 Å². The molecule has 1 amide bonds. The lowest BCUT2D eigenvalue weighted by Gasteiger charge is -2.35. The van der Waals surface area contributed by atoms with Crippen molar-refractivity contribution in [2.24, 2.45) is 11.8 Å². The van der Waals surface area contributed by atoms with Gasteiger partial charge >= 0.3 is 6.18 Å². The summed E-state index contributed by atoms with van der Waals surface area (Å²) >= 11 is 0.457. The second kappa shape index (κ2) is 8.32. The van der Waals surface area contributed by atoms with Gasteiger partial charge in [0.2, 0.25) is 10.1 Å². The van der Waals surface area contributed by atoms with E-state index in [1.165, 1.54) is 0 Å². The molecule has 1 saturated heterocycles. The average Bonchev–Trinajstić information content (AvgIpc) is 3.38. The lowest BCUT2D eigenvalue weighted by Crippen LogP contribution is -2.48. The molecule has 33 heavy (non-hydrogen) atoms. The standard InChI is InChI=1S/C21H20F3N7OS/c1-11-3-4-15(17-25-5-2-6-26-17)16(28-11)18(32)31-10-13-7-12(13)8-14(31)9-27-20-30-29-19(33-20)21(22,23)24/h2-6,12-14H,7-10H2,1H3,(H,27,30)/t12-,13+,14?/m1/s1. The number of aryl methyl sites for hydroxylation is 1. The van der Waals surface area contributed by atoms with Crippen LogP contribution >= 0.6 is 11.3 Å². The first-order valence-electron chi connectivity index (χ1n) is 10.5. The summed E-state index contributed by atoms with van der Waals surface area (Å²) in [6.45, 7) is 2.68.